The van der Waals surface area contributed by atoms with Gasteiger partial charge in [-0.2, -0.15) is 5.10 Å². The maximum Gasteiger partial charge on any atom is 0.0647 e. The van der Waals surface area contributed by atoms with E-state index >= 15 is 0 Å². The van der Waals surface area contributed by atoms with Gasteiger partial charge in [-0.1, -0.05) is 18.2 Å². The van der Waals surface area contributed by atoms with Crippen LogP contribution in [0.4, 0.5) is 0 Å². The third kappa shape index (κ3) is 1.96. The fraction of sp³-hybridized carbons (Fsp3) is 0.312. The summed E-state index contributed by atoms with van der Waals surface area (Å²) < 4.78 is 3.32. The van der Waals surface area contributed by atoms with Gasteiger partial charge in [0.15, 0.2) is 0 Å². The van der Waals surface area contributed by atoms with Crippen molar-refractivity contribution < 1.29 is 0 Å². The summed E-state index contributed by atoms with van der Waals surface area (Å²) in [5.74, 6) is 0. The van der Waals surface area contributed by atoms with Gasteiger partial charge >= 0.3 is 0 Å². The topological polar surface area (TPSA) is 29.9 Å². The zero-order valence-electron chi connectivity index (χ0n) is 12.3. The standard InChI is InChI=1S/C16H19N3S/c1-10-14(11(2)19(4)18-10)15(17-3)13-7-5-6-12-8-9-20-16(12)13/h5-9,15,17H,1-4H3. The van der Waals surface area contributed by atoms with Gasteiger partial charge in [0.2, 0.25) is 0 Å². The number of nitrogens with one attached hydrogen (secondary N) is 1. The van der Waals surface area contributed by atoms with Crippen LogP contribution in [-0.4, -0.2) is 16.8 Å². The molecule has 0 bridgehead atoms. The summed E-state index contributed by atoms with van der Waals surface area (Å²) in [7, 11) is 4.02. The van der Waals surface area contributed by atoms with Crippen LogP contribution in [0.5, 0.6) is 0 Å². The van der Waals surface area contributed by atoms with Gasteiger partial charge < -0.3 is 5.32 Å². The van der Waals surface area contributed by atoms with E-state index in [0.717, 1.165) is 5.69 Å². The Morgan fingerprint density at radius 2 is 2.05 bits per heavy atom. The molecule has 1 N–H and O–H groups in total. The number of benzene rings is 1. The second-order valence-corrected chi connectivity index (χ2v) is 6.03. The molecule has 0 fully saturated rings. The average molecular weight is 285 g/mol. The van der Waals surface area contributed by atoms with Crippen molar-refractivity contribution in [3.05, 3.63) is 52.2 Å². The van der Waals surface area contributed by atoms with E-state index in [0.29, 0.717) is 0 Å². The Kier molecular flexibility index (Phi) is 3.36. The van der Waals surface area contributed by atoms with Gasteiger partial charge in [-0.05, 0) is 43.3 Å². The zero-order valence-corrected chi connectivity index (χ0v) is 13.1. The van der Waals surface area contributed by atoms with Crippen molar-refractivity contribution in [2.24, 2.45) is 7.05 Å². The molecule has 1 unspecified atom stereocenters. The lowest BCUT2D eigenvalue weighted by Gasteiger charge is -2.18. The lowest BCUT2D eigenvalue weighted by Crippen LogP contribution is -2.19. The first-order valence-electron chi connectivity index (χ1n) is 6.77. The van der Waals surface area contributed by atoms with Gasteiger partial charge in [0, 0.05) is 23.0 Å². The normalized spacial score (nSPS) is 13.0. The number of fused-ring (bicyclic) bond motifs is 1. The maximum atomic E-state index is 4.55. The van der Waals surface area contributed by atoms with Crippen LogP contribution in [0.1, 0.15) is 28.6 Å². The molecule has 0 radical (unpaired) electrons. The van der Waals surface area contributed by atoms with Crippen molar-refractivity contribution in [2.75, 3.05) is 7.05 Å². The van der Waals surface area contributed by atoms with E-state index in [2.05, 4.69) is 53.9 Å². The van der Waals surface area contributed by atoms with Crippen LogP contribution in [-0.2, 0) is 7.05 Å². The van der Waals surface area contributed by atoms with Gasteiger partial charge in [-0.3, -0.25) is 4.68 Å². The Hall–Kier alpha value is -1.65. The molecular weight excluding hydrogens is 266 g/mol. The van der Waals surface area contributed by atoms with Gasteiger partial charge in [0.05, 0.1) is 11.7 Å². The fourth-order valence-electron chi connectivity index (χ4n) is 2.91. The molecule has 1 atom stereocenters. The van der Waals surface area contributed by atoms with E-state index < -0.39 is 0 Å². The van der Waals surface area contributed by atoms with Crippen LogP contribution in [0.25, 0.3) is 10.1 Å². The Balaban J connectivity index is 2.21. The largest absolute Gasteiger partial charge is 0.309 e. The zero-order chi connectivity index (χ0) is 14.3. The van der Waals surface area contributed by atoms with E-state index in [9.17, 15) is 0 Å². The van der Waals surface area contributed by atoms with Crippen molar-refractivity contribution in [2.45, 2.75) is 19.9 Å². The molecule has 1 aromatic carbocycles. The SMILES string of the molecule is CNC(c1c(C)nn(C)c1C)c1cccc2ccsc12. The molecule has 104 valence electrons. The van der Waals surface area contributed by atoms with Crippen LogP contribution in [0, 0.1) is 13.8 Å². The summed E-state index contributed by atoms with van der Waals surface area (Å²) in [5.41, 5.74) is 4.93. The predicted octanol–water partition coefficient (Wildman–Crippen LogP) is 3.56. The Morgan fingerprint density at radius 1 is 1.25 bits per heavy atom. The van der Waals surface area contributed by atoms with Crippen molar-refractivity contribution in [1.29, 1.82) is 0 Å². The van der Waals surface area contributed by atoms with E-state index in [1.54, 1.807) is 11.3 Å². The summed E-state index contributed by atoms with van der Waals surface area (Å²) in [4.78, 5) is 0. The van der Waals surface area contributed by atoms with Crippen LogP contribution in [0.2, 0.25) is 0 Å². The van der Waals surface area contributed by atoms with Crippen molar-refractivity contribution in [3.63, 3.8) is 0 Å². The molecule has 0 saturated heterocycles. The lowest BCUT2D eigenvalue weighted by molar-refractivity contribution is 0.683. The number of hydrogen-bond acceptors (Lipinski definition) is 3. The molecule has 4 heteroatoms. The van der Waals surface area contributed by atoms with Crippen molar-refractivity contribution >= 4 is 21.4 Å². The highest BCUT2D eigenvalue weighted by molar-refractivity contribution is 7.17. The first kappa shape index (κ1) is 13.3. The highest BCUT2D eigenvalue weighted by Crippen LogP contribution is 2.34. The minimum atomic E-state index is 0.186. The molecular formula is C16H19N3S. The third-order valence-electron chi connectivity index (χ3n) is 3.96. The second-order valence-electron chi connectivity index (χ2n) is 5.12. The molecule has 0 saturated carbocycles. The van der Waals surface area contributed by atoms with Gasteiger partial charge in [-0.25, -0.2) is 0 Å². The Morgan fingerprint density at radius 3 is 2.70 bits per heavy atom. The minimum absolute atomic E-state index is 0.186. The first-order valence-corrected chi connectivity index (χ1v) is 7.65. The van der Waals surface area contributed by atoms with Gasteiger partial charge in [-0.15, -0.1) is 11.3 Å². The molecule has 20 heavy (non-hydrogen) atoms. The maximum absolute atomic E-state index is 4.55. The third-order valence-corrected chi connectivity index (χ3v) is 4.94. The van der Waals surface area contributed by atoms with E-state index in [-0.39, 0.29) is 6.04 Å². The van der Waals surface area contributed by atoms with Crippen LogP contribution >= 0.6 is 11.3 Å². The second kappa shape index (κ2) is 5.04. The number of nitrogens with zero attached hydrogens (tertiary/aromatic N) is 2. The molecule has 0 aliphatic rings. The highest BCUT2D eigenvalue weighted by atomic mass is 32.1. The molecule has 0 spiro atoms. The number of rotatable bonds is 3. The fourth-order valence-corrected chi connectivity index (χ4v) is 3.85. The lowest BCUT2D eigenvalue weighted by atomic mass is 9.96. The van der Waals surface area contributed by atoms with Crippen LogP contribution in [0.15, 0.2) is 29.6 Å². The summed E-state index contributed by atoms with van der Waals surface area (Å²) in [6.45, 7) is 4.22. The molecule has 2 aromatic heterocycles. The Labute approximate surface area is 123 Å². The number of aryl methyl sites for hydroxylation is 2. The molecule has 3 nitrogen and oxygen atoms in total. The molecule has 0 aliphatic heterocycles. The molecule has 3 aromatic rings. The van der Waals surface area contributed by atoms with E-state index in [1.807, 2.05) is 18.8 Å². The molecule has 0 aliphatic carbocycles. The molecule has 3 rings (SSSR count). The summed E-state index contributed by atoms with van der Waals surface area (Å²) >= 11 is 1.80. The number of aromatic nitrogens is 2. The van der Waals surface area contributed by atoms with Crippen molar-refractivity contribution in [1.82, 2.24) is 15.1 Å². The van der Waals surface area contributed by atoms with Crippen LogP contribution < -0.4 is 5.32 Å². The summed E-state index contributed by atoms with van der Waals surface area (Å²) in [5, 5.41) is 11.5. The Bertz CT molecular complexity index is 754. The number of hydrogen-bond donors (Lipinski definition) is 1. The monoisotopic (exact) mass is 285 g/mol. The molecule has 0 amide bonds. The summed E-state index contributed by atoms with van der Waals surface area (Å²) in [6, 6.07) is 8.89. The van der Waals surface area contributed by atoms with E-state index in [1.165, 1.54) is 26.9 Å². The quantitative estimate of drug-likeness (QED) is 0.797. The minimum Gasteiger partial charge on any atom is -0.309 e. The summed E-state index contributed by atoms with van der Waals surface area (Å²) in [6.07, 6.45) is 0. The number of thiophene rings is 1. The smallest absolute Gasteiger partial charge is 0.0647 e. The average Bonchev–Trinajstić information content (AvgIpc) is 3.00. The first-order chi connectivity index (χ1) is 9.63. The molecule has 2 heterocycles. The van der Waals surface area contributed by atoms with Crippen molar-refractivity contribution in [3.8, 4) is 0 Å². The highest BCUT2D eigenvalue weighted by Gasteiger charge is 2.22. The van der Waals surface area contributed by atoms with Gasteiger partial charge in [0.25, 0.3) is 0 Å². The van der Waals surface area contributed by atoms with E-state index in [4.69, 9.17) is 0 Å². The van der Waals surface area contributed by atoms with Gasteiger partial charge in [0.1, 0.15) is 0 Å². The van der Waals surface area contributed by atoms with Crippen LogP contribution in [0.3, 0.4) is 0 Å². The predicted molar refractivity (Wildman–Crippen MR) is 85.4 cm³/mol.